The van der Waals surface area contributed by atoms with Crippen LogP contribution < -0.4 is 0 Å². The molecule has 1 aromatic carbocycles. The predicted octanol–water partition coefficient (Wildman–Crippen LogP) is 3.97. The lowest BCUT2D eigenvalue weighted by Crippen LogP contribution is -2.51. The number of rotatable bonds is 8. The summed E-state index contributed by atoms with van der Waals surface area (Å²) < 4.78 is 11.7. The van der Waals surface area contributed by atoms with Crippen LogP contribution in [0.2, 0.25) is 0 Å². The first-order valence-electron chi connectivity index (χ1n) is 7.22. The van der Waals surface area contributed by atoms with E-state index in [-0.39, 0.29) is 12.2 Å². The summed E-state index contributed by atoms with van der Waals surface area (Å²) >= 11 is 3.64. The van der Waals surface area contributed by atoms with E-state index in [0.29, 0.717) is 4.83 Å². The fraction of sp³-hybridized carbons (Fsp3) is 0.625. The topological polar surface area (TPSA) is 18.5 Å². The Balaban J connectivity index is 1.60. The lowest BCUT2D eigenvalue weighted by atomic mass is 9.91. The van der Waals surface area contributed by atoms with Crippen molar-refractivity contribution in [2.45, 2.75) is 49.6 Å². The predicted molar refractivity (Wildman–Crippen MR) is 81.9 cm³/mol. The number of alkyl halides is 1. The number of hydrogen-bond donors (Lipinski definition) is 0. The van der Waals surface area contributed by atoms with Crippen molar-refractivity contribution in [3.8, 4) is 0 Å². The minimum absolute atomic E-state index is 0.247. The van der Waals surface area contributed by atoms with Gasteiger partial charge in [-0.05, 0) is 31.2 Å². The molecule has 3 heteroatoms. The third-order valence-electron chi connectivity index (χ3n) is 3.48. The summed E-state index contributed by atoms with van der Waals surface area (Å²) in [5, 5.41) is 0. The van der Waals surface area contributed by atoms with Crippen molar-refractivity contribution < 1.29 is 9.47 Å². The van der Waals surface area contributed by atoms with Gasteiger partial charge in [0.1, 0.15) is 0 Å². The summed E-state index contributed by atoms with van der Waals surface area (Å²) in [5.74, 6) is 0. The van der Waals surface area contributed by atoms with Gasteiger partial charge >= 0.3 is 0 Å². The van der Waals surface area contributed by atoms with Gasteiger partial charge in [0.15, 0.2) is 0 Å². The Morgan fingerprint density at radius 3 is 2.63 bits per heavy atom. The normalized spacial score (nSPS) is 26.1. The van der Waals surface area contributed by atoms with Crippen LogP contribution in [-0.2, 0) is 15.9 Å². The monoisotopic (exact) mass is 326 g/mol. The van der Waals surface area contributed by atoms with Crippen LogP contribution in [0.5, 0.6) is 0 Å². The van der Waals surface area contributed by atoms with Gasteiger partial charge in [-0.1, -0.05) is 53.2 Å². The molecule has 2 rings (SSSR count). The van der Waals surface area contributed by atoms with Gasteiger partial charge in [-0.2, -0.15) is 0 Å². The molecule has 106 valence electrons. The van der Waals surface area contributed by atoms with Crippen molar-refractivity contribution >= 4 is 15.9 Å². The molecule has 0 radical (unpaired) electrons. The summed E-state index contributed by atoms with van der Waals surface area (Å²) in [6.07, 6.45) is 4.83. The second-order valence-electron chi connectivity index (χ2n) is 5.09. The van der Waals surface area contributed by atoms with Crippen LogP contribution in [-0.4, -0.2) is 30.2 Å². The molecule has 0 aliphatic heterocycles. The average Bonchev–Trinajstić information content (AvgIpc) is 2.43. The number of hydrogen-bond acceptors (Lipinski definition) is 2. The molecule has 0 bridgehead atoms. The maximum atomic E-state index is 5.92. The van der Waals surface area contributed by atoms with Gasteiger partial charge in [0.25, 0.3) is 0 Å². The van der Waals surface area contributed by atoms with E-state index in [2.05, 4.69) is 53.2 Å². The van der Waals surface area contributed by atoms with E-state index in [4.69, 9.17) is 9.47 Å². The smallest absolute Gasteiger partial charge is 0.0962 e. The van der Waals surface area contributed by atoms with E-state index in [1.165, 1.54) is 5.56 Å². The van der Waals surface area contributed by atoms with E-state index in [1.54, 1.807) is 0 Å². The Bertz CT molecular complexity index is 355. The summed E-state index contributed by atoms with van der Waals surface area (Å²) in [4.78, 5) is 0.471. The third-order valence-corrected chi connectivity index (χ3v) is 4.37. The van der Waals surface area contributed by atoms with Crippen LogP contribution in [0.1, 0.15) is 31.7 Å². The highest BCUT2D eigenvalue weighted by Gasteiger charge is 2.41. The van der Waals surface area contributed by atoms with Gasteiger partial charge < -0.3 is 9.47 Å². The molecule has 0 saturated heterocycles. The molecule has 1 fully saturated rings. The molecule has 1 saturated carbocycles. The molecule has 19 heavy (non-hydrogen) atoms. The van der Waals surface area contributed by atoms with Crippen molar-refractivity contribution in [2.75, 3.05) is 13.2 Å². The van der Waals surface area contributed by atoms with Gasteiger partial charge in [-0.3, -0.25) is 0 Å². The van der Waals surface area contributed by atoms with E-state index in [1.807, 2.05) is 0 Å². The quantitative estimate of drug-likeness (QED) is 0.531. The van der Waals surface area contributed by atoms with Crippen molar-refractivity contribution in [1.82, 2.24) is 0 Å². The summed E-state index contributed by atoms with van der Waals surface area (Å²) in [7, 11) is 0. The van der Waals surface area contributed by atoms with Crippen LogP contribution in [0.15, 0.2) is 30.3 Å². The number of ether oxygens (including phenoxy) is 2. The van der Waals surface area contributed by atoms with Gasteiger partial charge in [0.05, 0.1) is 12.2 Å². The highest BCUT2D eigenvalue weighted by atomic mass is 79.9. The molecule has 1 aliphatic rings. The summed E-state index contributed by atoms with van der Waals surface area (Å²) in [6.45, 7) is 3.79. The van der Waals surface area contributed by atoms with Gasteiger partial charge in [0, 0.05) is 18.0 Å². The number of aryl methyl sites for hydroxylation is 1. The highest BCUT2D eigenvalue weighted by Crippen LogP contribution is 2.33. The molecular formula is C16H23BrO2. The van der Waals surface area contributed by atoms with Crippen LogP contribution in [0.25, 0.3) is 0 Å². The van der Waals surface area contributed by atoms with E-state index >= 15 is 0 Å². The van der Waals surface area contributed by atoms with Gasteiger partial charge in [-0.15, -0.1) is 0 Å². The van der Waals surface area contributed by atoms with Crippen LogP contribution in [0.4, 0.5) is 0 Å². The fourth-order valence-electron chi connectivity index (χ4n) is 2.31. The minimum Gasteiger partial charge on any atom is -0.375 e. The Labute approximate surface area is 124 Å². The Hall–Kier alpha value is -0.380. The molecule has 0 heterocycles. The van der Waals surface area contributed by atoms with Gasteiger partial charge in [0.2, 0.25) is 0 Å². The molecule has 2 nitrogen and oxygen atoms in total. The van der Waals surface area contributed by atoms with Gasteiger partial charge in [-0.25, -0.2) is 0 Å². The highest BCUT2D eigenvalue weighted by molar-refractivity contribution is 9.09. The van der Waals surface area contributed by atoms with Crippen LogP contribution in [0.3, 0.4) is 0 Å². The molecular weight excluding hydrogens is 304 g/mol. The first kappa shape index (κ1) is 15.0. The first-order valence-corrected chi connectivity index (χ1v) is 8.14. The maximum absolute atomic E-state index is 5.92. The fourth-order valence-corrected chi connectivity index (χ4v) is 3.17. The van der Waals surface area contributed by atoms with Crippen molar-refractivity contribution in [3.63, 3.8) is 0 Å². The lowest BCUT2D eigenvalue weighted by molar-refractivity contribution is -0.121. The number of benzene rings is 1. The zero-order chi connectivity index (χ0) is 13.5. The van der Waals surface area contributed by atoms with Crippen molar-refractivity contribution in [2.24, 2.45) is 0 Å². The van der Waals surface area contributed by atoms with Crippen LogP contribution in [0, 0.1) is 0 Å². The molecule has 0 N–H and O–H groups in total. The zero-order valence-electron chi connectivity index (χ0n) is 11.6. The summed E-state index contributed by atoms with van der Waals surface area (Å²) in [6, 6.07) is 10.6. The van der Waals surface area contributed by atoms with Crippen molar-refractivity contribution in [3.05, 3.63) is 35.9 Å². The minimum atomic E-state index is 0.247. The largest absolute Gasteiger partial charge is 0.375 e. The Kier molecular flexibility index (Phi) is 6.35. The molecule has 0 spiro atoms. The summed E-state index contributed by atoms with van der Waals surface area (Å²) in [5.41, 5.74) is 1.39. The second kappa shape index (κ2) is 8.03. The van der Waals surface area contributed by atoms with E-state index in [0.717, 1.165) is 38.9 Å². The molecule has 0 aromatic heterocycles. The van der Waals surface area contributed by atoms with Crippen LogP contribution >= 0.6 is 15.9 Å². The Morgan fingerprint density at radius 2 is 1.95 bits per heavy atom. The molecule has 0 amide bonds. The molecule has 3 atom stereocenters. The standard InChI is InChI=1S/C16H23BrO2/c1-2-10-19-16-14(17)12-15(16)18-11-6-9-13-7-4-3-5-8-13/h3-5,7-8,14-16H,2,6,9-12H2,1H3. The molecule has 1 aromatic rings. The molecule has 3 unspecified atom stereocenters. The third kappa shape index (κ3) is 4.59. The zero-order valence-corrected chi connectivity index (χ0v) is 13.1. The maximum Gasteiger partial charge on any atom is 0.0962 e. The average molecular weight is 327 g/mol. The lowest BCUT2D eigenvalue weighted by Gasteiger charge is -2.40. The second-order valence-corrected chi connectivity index (χ2v) is 6.26. The Morgan fingerprint density at radius 1 is 1.16 bits per heavy atom. The van der Waals surface area contributed by atoms with Crippen molar-refractivity contribution in [1.29, 1.82) is 0 Å². The SMILES string of the molecule is CCCOC1C(Br)CC1OCCCc1ccccc1. The van der Waals surface area contributed by atoms with E-state index in [9.17, 15) is 0 Å². The number of halogens is 1. The first-order chi connectivity index (χ1) is 9.31. The molecule has 1 aliphatic carbocycles. The van der Waals surface area contributed by atoms with E-state index < -0.39 is 0 Å².